The van der Waals surface area contributed by atoms with Crippen molar-refractivity contribution in [1.82, 2.24) is 9.97 Å². The number of aryl methyl sites for hydroxylation is 2. The van der Waals surface area contributed by atoms with Crippen molar-refractivity contribution in [3.8, 4) is 0 Å². The van der Waals surface area contributed by atoms with Crippen LogP contribution in [0.4, 0.5) is 14.5 Å². The van der Waals surface area contributed by atoms with Crippen LogP contribution in [0.15, 0.2) is 23.0 Å². The number of aromatic amines is 1. The van der Waals surface area contributed by atoms with Gasteiger partial charge in [0.2, 0.25) is 5.91 Å². The van der Waals surface area contributed by atoms with Crippen LogP contribution in [0.5, 0.6) is 0 Å². The van der Waals surface area contributed by atoms with Crippen molar-refractivity contribution in [3.63, 3.8) is 0 Å². The Hall–Kier alpha value is -2.57. The van der Waals surface area contributed by atoms with Crippen molar-refractivity contribution in [3.05, 3.63) is 57.3 Å². The van der Waals surface area contributed by atoms with Crippen LogP contribution in [0.1, 0.15) is 17.1 Å². The minimum Gasteiger partial charge on any atom is -0.323 e. The van der Waals surface area contributed by atoms with Gasteiger partial charge in [-0.2, -0.15) is 0 Å². The van der Waals surface area contributed by atoms with E-state index in [-0.39, 0.29) is 17.7 Å². The molecule has 2 N–H and O–H groups in total. The zero-order valence-electron chi connectivity index (χ0n) is 11.5. The number of rotatable bonds is 3. The second-order valence-corrected chi connectivity index (χ2v) is 4.56. The summed E-state index contributed by atoms with van der Waals surface area (Å²) in [5.41, 5.74) is 0.0943. The molecule has 0 spiro atoms. The highest BCUT2D eigenvalue weighted by atomic mass is 19.1. The van der Waals surface area contributed by atoms with E-state index in [2.05, 4.69) is 15.3 Å². The molecule has 1 amide bonds. The molecule has 0 aliphatic carbocycles. The average molecular weight is 293 g/mol. The van der Waals surface area contributed by atoms with Gasteiger partial charge in [0.1, 0.15) is 17.5 Å². The highest BCUT2D eigenvalue weighted by Crippen LogP contribution is 2.15. The number of nitrogens with zero attached hydrogens (tertiary/aromatic N) is 1. The van der Waals surface area contributed by atoms with Gasteiger partial charge >= 0.3 is 0 Å². The number of benzene rings is 1. The first-order valence-electron chi connectivity index (χ1n) is 6.18. The quantitative estimate of drug-likeness (QED) is 0.907. The highest BCUT2D eigenvalue weighted by Gasteiger charge is 2.13. The van der Waals surface area contributed by atoms with E-state index in [1.807, 2.05) is 0 Å². The molecule has 0 unspecified atom stereocenters. The molecular weight excluding hydrogens is 280 g/mol. The fraction of sp³-hybridized carbons (Fsp3) is 0.214. The first kappa shape index (κ1) is 14.8. The normalized spacial score (nSPS) is 10.5. The van der Waals surface area contributed by atoms with Crippen LogP contribution in [0.25, 0.3) is 0 Å². The lowest BCUT2D eigenvalue weighted by Crippen LogP contribution is -2.24. The van der Waals surface area contributed by atoms with Gasteiger partial charge < -0.3 is 10.3 Å². The molecule has 1 heterocycles. The Morgan fingerprint density at radius 1 is 1.33 bits per heavy atom. The van der Waals surface area contributed by atoms with Gasteiger partial charge in [0.25, 0.3) is 5.56 Å². The summed E-state index contributed by atoms with van der Waals surface area (Å²) in [4.78, 5) is 30.2. The lowest BCUT2D eigenvalue weighted by Gasteiger charge is -2.08. The second kappa shape index (κ2) is 5.82. The van der Waals surface area contributed by atoms with Gasteiger partial charge in [-0.1, -0.05) is 0 Å². The molecule has 0 atom stereocenters. The van der Waals surface area contributed by atoms with Gasteiger partial charge in [0.15, 0.2) is 0 Å². The lowest BCUT2D eigenvalue weighted by atomic mass is 10.1. The second-order valence-electron chi connectivity index (χ2n) is 4.56. The molecule has 0 radical (unpaired) electrons. The molecule has 7 heteroatoms. The number of nitrogens with one attached hydrogen (secondary N) is 2. The number of hydrogen-bond donors (Lipinski definition) is 2. The van der Waals surface area contributed by atoms with Crippen molar-refractivity contribution >= 4 is 11.6 Å². The monoisotopic (exact) mass is 293 g/mol. The van der Waals surface area contributed by atoms with Gasteiger partial charge in [-0.25, -0.2) is 13.8 Å². The summed E-state index contributed by atoms with van der Waals surface area (Å²) in [6.07, 6.45) is -0.245. The summed E-state index contributed by atoms with van der Waals surface area (Å²) in [6, 6.07) is 2.82. The maximum Gasteiger partial charge on any atom is 0.254 e. The van der Waals surface area contributed by atoms with Gasteiger partial charge in [-0.3, -0.25) is 9.59 Å². The molecule has 1 aromatic heterocycles. The number of halogens is 2. The molecule has 110 valence electrons. The summed E-state index contributed by atoms with van der Waals surface area (Å²) in [7, 11) is 0. The fourth-order valence-electron chi connectivity index (χ4n) is 1.91. The van der Waals surface area contributed by atoms with Crippen LogP contribution in [0.2, 0.25) is 0 Å². The third-order valence-electron chi connectivity index (χ3n) is 2.88. The summed E-state index contributed by atoms with van der Waals surface area (Å²) in [5, 5.41) is 2.29. The minimum atomic E-state index is -0.879. The van der Waals surface area contributed by atoms with Crippen LogP contribution >= 0.6 is 0 Å². The average Bonchev–Trinajstić information content (AvgIpc) is 2.37. The number of hydrogen-bond acceptors (Lipinski definition) is 3. The van der Waals surface area contributed by atoms with Crippen LogP contribution in [-0.2, 0) is 11.2 Å². The van der Waals surface area contributed by atoms with Crippen LogP contribution in [0, 0.1) is 25.5 Å². The number of carbonyl (C=O) groups excluding carboxylic acids is 1. The van der Waals surface area contributed by atoms with Crippen molar-refractivity contribution in [2.75, 3.05) is 5.32 Å². The Morgan fingerprint density at radius 2 is 2.05 bits per heavy atom. The van der Waals surface area contributed by atoms with Gasteiger partial charge in [0.05, 0.1) is 12.1 Å². The molecule has 0 fully saturated rings. The van der Waals surface area contributed by atoms with E-state index in [9.17, 15) is 18.4 Å². The van der Waals surface area contributed by atoms with Crippen molar-refractivity contribution in [1.29, 1.82) is 0 Å². The van der Waals surface area contributed by atoms with E-state index >= 15 is 0 Å². The van der Waals surface area contributed by atoms with E-state index in [1.54, 1.807) is 13.8 Å². The maximum absolute atomic E-state index is 13.4. The third-order valence-corrected chi connectivity index (χ3v) is 2.88. The molecule has 5 nitrogen and oxygen atoms in total. The number of carbonyl (C=O) groups is 1. The first-order valence-corrected chi connectivity index (χ1v) is 6.18. The molecule has 0 saturated heterocycles. The van der Waals surface area contributed by atoms with Crippen molar-refractivity contribution in [2.45, 2.75) is 20.3 Å². The first-order chi connectivity index (χ1) is 9.86. The van der Waals surface area contributed by atoms with Crippen molar-refractivity contribution in [2.24, 2.45) is 0 Å². The third kappa shape index (κ3) is 3.50. The maximum atomic E-state index is 13.4. The summed E-state index contributed by atoms with van der Waals surface area (Å²) in [5.74, 6) is -1.75. The number of aromatic nitrogens is 2. The van der Waals surface area contributed by atoms with E-state index in [4.69, 9.17) is 0 Å². The molecule has 0 saturated carbocycles. The predicted octanol–water partition coefficient (Wildman–Crippen LogP) is 1.85. The SMILES string of the molecule is Cc1nc(C)c(CC(=O)Nc2ccc(F)cc2F)c(=O)[nH]1. The number of anilines is 1. The minimum absolute atomic E-state index is 0.143. The zero-order chi connectivity index (χ0) is 15.6. The zero-order valence-corrected chi connectivity index (χ0v) is 11.5. The molecular formula is C14H13F2N3O2. The van der Waals surface area contributed by atoms with Gasteiger partial charge in [0, 0.05) is 17.3 Å². The molecule has 0 aliphatic rings. The number of amides is 1. The Balaban J connectivity index is 2.18. The molecule has 2 rings (SSSR count). The van der Waals surface area contributed by atoms with E-state index < -0.39 is 23.1 Å². The van der Waals surface area contributed by atoms with Crippen molar-refractivity contribution < 1.29 is 13.6 Å². The van der Waals surface area contributed by atoms with Crippen LogP contribution in [-0.4, -0.2) is 15.9 Å². The van der Waals surface area contributed by atoms with E-state index in [0.717, 1.165) is 12.1 Å². The summed E-state index contributed by atoms with van der Waals surface area (Å²) in [6.45, 7) is 3.25. The van der Waals surface area contributed by atoms with Crippen LogP contribution < -0.4 is 10.9 Å². The number of H-pyrrole nitrogens is 1. The fourth-order valence-corrected chi connectivity index (χ4v) is 1.91. The highest BCUT2D eigenvalue weighted by molar-refractivity contribution is 5.92. The lowest BCUT2D eigenvalue weighted by molar-refractivity contribution is -0.115. The largest absolute Gasteiger partial charge is 0.323 e. The standard InChI is InChI=1S/C14H13F2N3O2/c1-7-10(14(21)18-8(2)17-7)6-13(20)19-12-4-3-9(15)5-11(12)16/h3-5H,6H2,1-2H3,(H,19,20)(H,17,18,21). The Morgan fingerprint density at radius 3 is 2.67 bits per heavy atom. The smallest absolute Gasteiger partial charge is 0.254 e. The molecule has 0 bridgehead atoms. The Kier molecular flexibility index (Phi) is 4.11. The topological polar surface area (TPSA) is 74.8 Å². The molecule has 1 aromatic carbocycles. The molecule has 2 aromatic rings. The summed E-state index contributed by atoms with van der Waals surface area (Å²) < 4.78 is 26.2. The summed E-state index contributed by atoms with van der Waals surface area (Å²) >= 11 is 0. The molecule has 0 aliphatic heterocycles. The molecule has 21 heavy (non-hydrogen) atoms. The Bertz CT molecular complexity index is 756. The van der Waals surface area contributed by atoms with Crippen LogP contribution in [0.3, 0.4) is 0 Å². The van der Waals surface area contributed by atoms with E-state index in [1.165, 1.54) is 0 Å². The van der Waals surface area contributed by atoms with E-state index in [0.29, 0.717) is 17.6 Å². The van der Waals surface area contributed by atoms with Gasteiger partial charge in [-0.05, 0) is 26.0 Å². The van der Waals surface area contributed by atoms with Gasteiger partial charge in [-0.15, -0.1) is 0 Å². The Labute approximate surface area is 119 Å². The predicted molar refractivity (Wildman–Crippen MR) is 73.0 cm³/mol.